The number of rotatable bonds is 6. The fourth-order valence-corrected chi connectivity index (χ4v) is 2.26. The van der Waals surface area contributed by atoms with Crippen LogP contribution in [0.3, 0.4) is 0 Å². The van der Waals surface area contributed by atoms with Crippen molar-refractivity contribution in [1.29, 1.82) is 0 Å². The van der Waals surface area contributed by atoms with Crippen molar-refractivity contribution in [2.45, 2.75) is 37.9 Å². The van der Waals surface area contributed by atoms with Crippen molar-refractivity contribution >= 4 is 0 Å². The Balaban J connectivity index is 1.52. The zero-order valence-corrected chi connectivity index (χ0v) is 11.5. The van der Waals surface area contributed by atoms with Gasteiger partial charge in [0.25, 0.3) is 0 Å². The van der Waals surface area contributed by atoms with Crippen LogP contribution >= 0.6 is 0 Å². The Morgan fingerprint density at radius 2 is 1.70 bits per heavy atom. The van der Waals surface area contributed by atoms with Gasteiger partial charge in [-0.1, -0.05) is 42.5 Å². The lowest BCUT2D eigenvalue weighted by molar-refractivity contribution is 0.168. The molecule has 1 unspecified atom stereocenters. The van der Waals surface area contributed by atoms with Gasteiger partial charge in [-0.2, -0.15) is 0 Å². The molecule has 0 aromatic heterocycles. The molecule has 0 aliphatic heterocycles. The maximum absolute atomic E-state index is 10.1. The van der Waals surface area contributed by atoms with E-state index < -0.39 is 6.10 Å². The van der Waals surface area contributed by atoms with E-state index in [0.29, 0.717) is 6.10 Å². The van der Waals surface area contributed by atoms with Crippen LogP contribution in [0, 0.1) is 0 Å². The average molecular weight is 268 g/mol. The molecule has 1 saturated carbocycles. The third kappa shape index (κ3) is 3.61. The zero-order chi connectivity index (χ0) is 13.8. The van der Waals surface area contributed by atoms with E-state index in [4.69, 9.17) is 4.74 Å². The Morgan fingerprint density at radius 3 is 2.35 bits per heavy atom. The second-order valence-corrected chi connectivity index (χ2v) is 5.43. The Morgan fingerprint density at radius 1 is 1.00 bits per heavy atom. The summed E-state index contributed by atoms with van der Waals surface area (Å²) >= 11 is 0. The van der Waals surface area contributed by atoms with Crippen LogP contribution in [0.1, 0.15) is 36.5 Å². The first-order chi connectivity index (χ1) is 9.81. The van der Waals surface area contributed by atoms with Gasteiger partial charge in [0, 0.05) is 0 Å². The van der Waals surface area contributed by atoms with Crippen molar-refractivity contribution in [3.63, 3.8) is 0 Å². The molecule has 2 aromatic carbocycles. The van der Waals surface area contributed by atoms with Crippen LogP contribution in [0.2, 0.25) is 0 Å². The minimum Gasteiger partial charge on any atom is -0.490 e. The first-order valence-electron chi connectivity index (χ1n) is 7.30. The standard InChI is InChI=1S/C18H20O2/c19-18(15-4-2-1-3-5-15)13-8-14-6-9-16(10-7-14)20-17-11-12-17/h1-7,9-10,17-19H,8,11-13H2. The molecule has 2 aromatic rings. The quantitative estimate of drug-likeness (QED) is 0.861. The normalized spacial score (nSPS) is 15.8. The van der Waals surface area contributed by atoms with Crippen molar-refractivity contribution in [3.05, 3.63) is 65.7 Å². The molecule has 1 N–H and O–H groups in total. The number of aryl methyl sites for hydroxylation is 1. The van der Waals surface area contributed by atoms with Gasteiger partial charge in [0.1, 0.15) is 5.75 Å². The van der Waals surface area contributed by atoms with Gasteiger partial charge in [-0.15, -0.1) is 0 Å². The zero-order valence-electron chi connectivity index (χ0n) is 11.5. The topological polar surface area (TPSA) is 29.5 Å². The summed E-state index contributed by atoms with van der Waals surface area (Å²) in [6.45, 7) is 0. The monoisotopic (exact) mass is 268 g/mol. The molecular weight excluding hydrogens is 248 g/mol. The number of aliphatic hydroxyl groups excluding tert-OH is 1. The third-order valence-electron chi connectivity index (χ3n) is 3.64. The van der Waals surface area contributed by atoms with Gasteiger partial charge in [-0.25, -0.2) is 0 Å². The Labute approximate surface area is 120 Å². The molecule has 1 aliphatic rings. The number of benzene rings is 2. The van der Waals surface area contributed by atoms with E-state index in [-0.39, 0.29) is 0 Å². The molecule has 0 spiro atoms. The molecule has 0 amide bonds. The van der Waals surface area contributed by atoms with E-state index in [9.17, 15) is 5.11 Å². The summed E-state index contributed by atoms with van der Waals surface area (Å²) in [7, 11) is 0. The lowest BCUT2D eigenvalue weighted by atomic mass is 10.0. The predicted octanol–water partition coefficient (Wildman–Crippen LogP) is 3.89. The number of ether oxygens (including phenoxy) is 1. The molecule has 0 heterocycles. The summed E-state index contributed by atoms with van der Waals surface area (Å²) in [6.07, 6.45) is 4.04. The van der Waals surface area contributed by atoms with E-state index in [1.54, 1.807) is 0 Å². The lowest BCUT2D eigenvalue weighted by Gasteiger charge is -2.11. The Hall–Kier alpha value is -1.80. The fraction of sp³-hybridized carbons (Fsp3) is 0.333. The lowest BCUT2D eigenvalue weighted by Crippen LogP contribution is -2.00. The average Bonchev–Trinajstić information content (AvgIpc) is 3.31. The van der Waals surface area contributed by atoms with Crippen LogP contribution in [-0.4, -0.2) is 11.2 Å². The first-order valence-corrected chi connectivity index (χ1v) is 7.30. The minimum absolute atomic E-state index is 0.390. The van der Waals surface area contributed by atoms with Crippen LogP contribution in [0.15, 0.2) is 54.6 Å². The maximum Gasteiger partial charge on any atom is 0.119 e. The summed E-state index contributed by atoms with van der Waals surface area (Å²) in [5.74, 6) is 0.958. The minimum atomic E-state index is -0.390. The van der Waals surface area contributed by atoms with Crippen molar-refractivity contribution in [2.24, 2.45) is 0 Å². The summed E-state index contributed by atoms with van der Waals surface area (Å²) < 4.78 is 5.73. The van der Waals surface area contributed by atoms with E-state index in [0.717, 1.165) is 24.2 Å². The SMILES string of the molecule is OC(CCc1ccc(OC2CC2)cc1)c1ccccc1. The number of hydrogen-bond acceptors (Lipinski definition) is 2. The molecule has 0 bridgehead atoms. The molecule has 2 heteroatoms. The summed E-state index contributed by atoms with van der Waals surface area (Å²) in [5.41, 5.74) is 2.23. The van der Waals surface area contributed by atoms with Crippen LogP contribution in [0.5, 0.6) is 5.75 Å². The van der Waals surface area contributed by atoms with Crippen LogP contribution in [-0.2, 0) is 6.42 Å². The predicted molar refractivity (Wildman–Crippen MR) is 79.8 cm³/mol. The Bertz CT molecular complexity index is 529. The van der Waals surface area contributed by atoms with Gasteiger partial charge in [-0.3, -0.25) is 0 Å². The van der Waals surface area contributed by atoms with Gasteiger partial charge in [0.05, 0.1) is 12.2 Å². The summed E-state index contributed by atoms with van der Waals surface area (Å²) in [6, 6.07) is 18.1. The molecule has 104 valence electrons. The molecule has 1 aliphatic carbocycles. The van der Waals surface area contributed by atoms with Crippen LogP contribution in [0.4, 0.5) is 0 Å². The second kappa shape index (κ2) is 6.10. The maximum atomic E-state index is 10.1. The largest absolute Gasteiger partial charge is 0.490 e. The Kier molecular flexibility index (Phi) is 4.03. The van der Waals surface area contributed by atoms with Gasteiger partial charge in [0.15, 0.2) is 0 Å². The molecular formula is C18H20O2. The summed E-state index contributed by atoms with van der Waals surface area (Å²) in [5, 5.41) is 10.1. The van der Waals surface area contributed by atoms with E-state index in [1.807, 2.05) is 42.5 Å². The summed E-state index contributed by atoms with van der Waals surface area (Å²) in [4.78, 5) is 0. The van der Waals surface area contributed by atoms with Crippen LogP contribution < -0.4 is 4.74 Å². The molecule has 2 nitrogen and oxygen atoms in total. The van der Waals surface area contributed by atoms with Gasteiger partial charge < -0.3 is 9.84 Å². The van der Waals surface area contributed by atoms with Gasteiger partial charge in [0.2, 0.25) is 0 Å². The van der Waals surface area contributed by atoms with Crippen molar-refractivity contribution in [1.82, 2.24) is 0 Å². The van der Waals surface area contributed by atoms with Crippen LogP contribution in [0.25, 0.3) is 0 Å². The number of hydrogen-bond donors (Lipinski definition) is 1. The van der Waals surface area contributed by atoms with E-state index in [2.05, 4.69) is 12.1 Å². The molecule has 0 radical (unpaired) electrons. The number of aliphatic hydroxyl groups is 1. The van der Waals surface area contributed by atoms with Crippen molar-refractivity contribution < 1.29 is 9.84 Å². The highest BCUT2D eigenvalue weighted by molar-refractivity contribution is 5.28. The molecule has 20 heavy (non-hydrogen) atoms. The van der Waals surface area contributed by atoms with E-state index >= 15 is 0 Å². The third-order valence-corrected chi connectivity index (χ3v) is 3.64. The van der Waals surface area contributed by atoms with Crippen molar-refractivity contribution in [2.75, 3.05) is 0 Å². The van der Waals surface area contributed by atoms with Gasteiger partial charge in [-0.05, 0) is 48.9 Å². The highest BCUT2D eigenvalue weighted by Gasteiger charge is 2.23. The van der Waals surface area contributed by atoms with Crippen molar-refractivity contribution in [3.8, 4) is 5.75 Å². The highest BCUT2D eigenvalue weighted by atomic mass is 16.5. The van der Waals surface area contributed by atoms with E-state index in [1.165, 1.54) is 18.4 Å². The van der Waals surface area contributed by atoms with Gasteiger partial charge >= 0.3 is 0 Å². The fourth-order valence-electron chi connectivity index (χ4n) is 2.26. The molecule has 3 rings (SSSR count). The second-order valence-electron chi connectivity index (χ2n) is 5.43. The highest BCUT2D eigenvalue weighted by Crippen LogP contribution is 2.27. The molecule has 1 atom stereocenters. The smallest absolute Gasteiger partial charge is 0.119 e. The molecule has 0 saturated heterocycles. The molecule has 1 fully saturated rings. The first kappa shape index (κ1) is 13.2.